The Bertz CT molecular complexity index is 74.6. The van der Waals surface area contributed by atoms with Gasteiger partial charge in [-0.25, -0.2) is 0 Å². The molecule has 0 spiro atoms. The van der Waals surface area contributed by atoms with Crippen molar-refractivity contribution in [3.05, 3.63) is 6.92 Å². The zero-order valence-corrected chi connectivity index (χ0v) is 9.49. The molecule has 0 aromatic rings. The molecule has 0 aliphatic heterocycles. The molecule has 0 N–H and O–H groups in total. The van der Waals surface area contributed by atoms with Crippen molar-refractivity contribution in [2.45, 2.75) is 77.6 Å². The molecule has 0 saturated heterocycles. The normalized spacial score (nSPS) is 9.20. The summed E-state index contributed by atoms with van der Waals surface area (Å²) in [4.78, 5) is 0. The summed E-state index contributed by atoms with van der Waals surface area (Å²) in [6.45, 7) is 6.13. The van der Waals surface area contributed by atoms with E-state index in [2.05, 4.69) is 13.8 Å². The van der Waals surface area contributed by atoms with Crippen molar-refractivity contribution in [3.8, 4) is 0 Å². The van der Waals surface area contributed by atoms with Gasteiger partial charge in [0.2, 0.25) is 0 Å². The molecule has 0 saturated carbocycles. The van der Waals surface area contributed by atoms with Crippen LogP contribution in [-0.4, -0.2) is 59.1 Å². The second kappa shape index (κ2) is 21.3. The summed E-state index contributed by atoms with van der Waals surface area (Å²) >= 11 is 0. The van der Waals surface area contributed by atoms with E-state index in [9.17, 15) is 0 Å². The monoisotopic (exact) mass is 231 g/mol. The minimum absolute atomic E-state index is 0. The molecule has 0 aliphatic rings. The topological polar surface area (TPSA) is 0 Å². The molecule has 0 unspecified atom stereocenters. The minimum atomic E-state index is 0. The molecule has 0 heterocycles. The van der Waals surface area contributed by atoms with Crippen LogP contribution in [0.1, 0.15) is 77.6 Å². The zero-order chi connectivity index (χ0) is 9.78. The van der Waals surface area contributed by atoms with Crippen LogP contribution in [-0.2, 0) is 0 Å². The fraction of sp³-hybridized carbons (Fsp3) is 0.923. The Hall–Kier alpha value is 2.00. The van der Waals surface area contributed by atoms with Gasteiger partial charge in [-0.3, -0.25) is 0 Å². The molecular formula is C13H29Na2. The van der Waals surface area contributed by atoms with E-state index in [1.54, 1.807) is 0 Å². The van der Waals surface area contributed by atoms with E-state index >= 15 is 0 Å². The summed E-state index contributed by atoms with van der Waals surface area (Å²) in [6, 6.07) is 0. The predicted molar refractivity (Wildman–Crippen MR) is 76.1 cm³/mol. The SMILES string of the molecule is [CH2]CCCCCCCCCCCC.[NaH].[NaH]. The average molecular weight is 231 g/mol. The van der Waals surface area contributed by atoms with Crippen LogP contribution in [0, 0.1) is 6.92 Å². The molecule has 0 aromatic heterocycles. The molecule has 83 valence electrons. The summed E-state index contributed by atoms with van der Waals surface area (Å²) < 4.78 is 0. The van der Waals surface area contributed by atoms with E-state index < -0.39 is 0 Å². The Balaban J connectivity index is -0.000000720. The second-order valence-corrected chi connectivity index (χ2v) is 4.04. The van der Waals surface area contributed by atoms with E-state index in [0.29, 0.717) is 0 Å². The maximum atomic E-state index is 3.85. The van der Waals surface area contributed by atoms with Crippen LogP contribution in [0.2, 0.25) is 0 Å². The van der Waals surface area contributed by atoms with Gasteiger partial charge in [0.25, 0.3) is 0 Å². The van der Waals surface area contributed by atoms with Crippen molar-refractivity contribution in [2.24, 2.45) is 0 Å². The van der Waals surface area contributed by atoms with E-state index in [1.165, 1.54) is 64.2 Å². The van der Waals surface area contributed by atoms with Gasteiger partial charge < -0.3 is 0 Å². The summed E-state index contributed by atoms with van der Waals surface area (Å²) in [5.41, 5.74) is 0. The number of unbranched alkanes of at least 4 members (excludes halogenated alkanes) is 10. The molecule has 2 heteroatoms. The van der Waals surface area contributed by atoms with Gasteiger partial charge in [0.05, 0.1) is 0 Å². The van der Waals surface area contributed by atoms with Crippen LogP contribution in [0.25, 0.3) is 0 Å². The Morgan fingerprint density at radius 1 is 0.600 bits per heavy atom. The van der Waals surface area contributed by atoms with Crippen molar-refractivity contribution >= 4 is 59.1 Å². The molecule has 0 bridgehead atoms. The van der Waals surface area contributed by atoms with Crippen LogP contribution in [0.4, 0.5) is 0 Å². The molecule has 0 amide bonds. The second-order valence-electron chi connectivity index (χ2n) is 4.04. The fourth-order valence-electron chi connectivity index (χ4n) is 1.66. The number of hydrogen-bond acceptors (Lipinski definition) is 0. The third-order valence-electron chi connectivity index (χ3n) is 2.60. The van der Waals surface area contributed by atoms with Crippen molar-refractivity contribution in [3.63, 3.8) is 0 Å². The van der Waals surface area contributed by atoms with Gasteiger partial charge in [0, 0.05) is 0 Å². The Morgan fingerprint density at radius 2 is 0.933 bits per heavy atom. The van der Waals surface area contributed by atoms with Crippen molar-refractivity contribution in [1.82, 2.24) is 0 Å². The first kappa shape index (κ1) is 22.2. The first-order valence-electron chi connectivity index (χ1n) is 6.21. The van der Waals surface area contributed by atoms with Gasteiger partial charge in [-0.05, 0) is 0 Å². The van der Waals surface area contributed by atoms with Crippen LogP contribution in [0.3, 0.4) is 0 Å². The fourth-order valence-corrected chi connectivity index (χ4v) is 1.66. The van der Waals surface area contributed by atoms with E-state index in [0.717, 1.165) is 6.42 Å². The first-order chi connectivity index (χ1) is 6.41. The van der Waals surface area contributed by atoms with Crippen molar-refractivity contribution in [1.29, 1.82) is 0 Å². The van der Waals surface area contributed by atoms with Gasteiger partial charge in [0.15, 0.2) is 0 Å². The standard InChI is InChI=1S/C13H27.2Na.2H/c1-3-5-7-9-11-13-12-10-8-6-4-2;;;;/h1,3-13H2,2H3;;;;. The third-order valence-corrected chi connectivity index (χ3v) is 2.60. The molecule has 0 rings (SSSR count). The molecule has 15 heavy (non-hydrogen) atoms. The van der Waals surface area contributed by atoms with Crippen LogP contribution in [0.15, 0.2) is 0 Å². The van der Waals surface area contributed by atoms with Gasteiger partial charge in [-0.2, -0.15) is 0 Å². The van der Waals surface area contributed by atoms with E-state index in [4.69, 9.17) is 0 Å². The quantitative estimate of drug-likeness (QED) is 0.396. The van der Waals surface area contributed by atoms with Gasteiger partial charge in [-0.1, -0.05) is 84.5 Å². The molecule has 0 nitrogen and oxygen atoms in total. The Labute approximate surface area is 142 Å². The summed E-state index contributed by atoms with van der Waals surface area (Å²) in [6.07, 6.45) is 15.4. The van der Waals surface area contributed by atoms with Gasteiger partial charge in [0.1, 0.15) is 0 Å². The van der Waals surface area contributed by atoms with E-state index in [-0.39, 0.29) is 59.1 Å². The van der Waals surface area contributed by atoms with Crippen LogP contribution >= 0.6 is 0 Å². The summed E-state index contributed by atoms with van der Waals surface area (Å²) in [5.74, 6) is 0. The Kier molecular flexibility index (Phi) is 31.5. The molecule has 0 fully saturated rings. The molecular weight excluding hydrogens is 202 g/mol. The molecule has 1 radical (unpaired) electrons. The maximum absolute atomic E-state index is 3.85. The summed E-state index contributed by atoms with van der Waals surface area (Å²) in [7, 11) is 0. The van der Waals surface area contributed by atoms with Crippen LogP contribution in [0.5, 0.6) is 0 Å². The van der Waals surface area contributed by atoms with Crippen molar-refractivity contribution < 1.29 is 0 Å². The number of rotatable bonds is 10. The zero-order valence-electron chi connectivity index (χ0n) is 9.49. The van der Waals surface area contributed by atoms with Crippen molar-refractivity contribution in [2.75, 3.05) is 0 Å². The molecule has 0 atom stereocenters. The van der Waals surface area contributed by atoms with Gasteiger partial charge in [-0.15, -0.1) is 0 Å². The Morgan fingerprint density at radius 3 is 1.27 bits per heavy atom. The number of hydrogen-bond donors (Lipinski definition) is 0. The van der Waals surface area contributed by atoms with Crippen LogP contribution < -0.4 is 0 Å². The average Bonchev–Trinajstić information content (AvgIpc) is 2.16. The van der Waals surface area contributed by atoms with E-state index in [1.807, 2.05) is 0 Å². The predicted octanol–water partition coefficient (Wildman–Crippen LogP) is 3.83. The van der Waals surface area contributed by atoms with Gasteiger partial charge >= 0.3 is 59.1 Å². The molecule has 0 aromatic carbocycles. The molecule has 0 aliphatic carbocycles. The third kappa shape index (κ3) is 21.8. The first-order valence-corrected chi connectivity index (χ1v) is 6.21. The summed E-state index contributed by atoms with van der Waals surface area (Å²) in [5, 5.41) is 0.